The third kappa shape index (κ3) is 2.14. The number of hydroxylamine groups is 1. The fourth-order valence-electron chi connectivity index (χ4n) is 3.24. The quantitative estimate of drug-likeness (QED) is 0.627. The molecule has 116 valence electrons. The van der Waals surface area contributed by atoms with E-state index in [0.29, 0.717) is 6.42 Å². The van der Waals surface area contributed by atoms with Crippen LogP contribution in [0.2, 0.25) is 0 Å². The predicted molar refractivity (Wildman–Crippen MR) is 76.5 cm³/mol. The number of nitrogens with one attached hydrogen (secondary N) is 2. The number of benzene rings is 1. The Morgan fingerprint density at radius 1 is 1.41 bits per heavy atom. The van der Waals surface area contributed by atoms with Gasteiger partial charge in [0.1, 0.15) is 12.1 Å². The number of fused-ring (bicyclic) bond motifs is 2. The lowest BCUT2D eigenvalue weighted by atomic mass is 9.76. The summed E-state index contributed by atoms with van der Waals surface area (Å²) < 4.78 is 0. The first kappa shape index (κ1) is 14.5. The number of hydrogen-bond acceptors (Lipinski definition) is 4. The molecule has 1 aromatic rings. The Balaban J connectivity index is 1.93. The summed E-state index contributed by atoms with van der Waals surface area (Å²) in [5, 5.41) is 2.79. The SMILES string of the molecule is CONC(=O)CN1C(=O)N[C@@]2(CCCc3ccccc32)C1=O. The minimum absolute atomic E-state index is 0.359. The number of amides is 4. The Bertz CT molecular complexity index is 645. The highest BCUT2D eigenvalue weighted by atomic mass is 16.6. The average Bonchev–Trinajstić information content (AvgIpc) is 2.73. The van der Waals surface area contributed by atoms with E-state index in [2.05, 4.69) is 15.6 Å². The molecule has 0 radical (unpaired) electrons. The highest BCUT2D eigenvalue weighted by Crippen LogP contribution is 2.39. The van der Waals surface area contributed by atoms with Crippen molar-refractivity contribution in [2.75, 3.05) is 13.7 Å². The van der Waals surface area contributed by atoms with Gasteiger partial charge in [0.05, 0.1) is 7.11 Å². The van der Waals surface area contributed by atoms with Crippen LogP contribution in [0.3, 0.4) is 0 Å². The van der Waals surface area contributed by atoms with Crippen molar-refractivity contribution in [1.29, 1.82) is 0 Å². The lowest BCUT2D eigenvalue weighted by molar-refractivity contribution is -0.139. The number of nitrogens with zero attached hydrogens (tertiary/aromatic N) is 1. The number of hydrogen-bond donors (Lipinski definition) is 2. The number of carbonyl (C=O) groups is 3. The minimum atomic E-state index is -1.04. The molecule has 0 aromatic heterocycles. The van der Waals surface area contributed by atoms with E-state index < -0.39 is 17.5 Å². The second-order valence-corrected chi connectivity index (χ2v) is 5.47. The standard InChI is InChI=1S/C15H17N3O4/c1-22-17-12(19)9-18-13(20)15(16-14(18)21)8-4-6-10-5-2-3-7-11(10)15/h2-3,5,7H,4,6,8-9H2,1H3,(H,16,21)(H,17,19)/t15-/m1/s1. The van der Waals surface area contributed by atoms with Crippen LogP contribution in [-0.4, -0.2) is 36.4 Å². The van der Waals surface area contributed by atoms with Gasteiger partial charge in [-0.25, -0.2) is 10.3 Å². The van der Waals surface area contributed by atoms with Crippen LogP contribution in [0.15, 0.2) is 24.3 Å². The third-order valence-corrected chi connectivity index (χ3v) is 4.17. The molecule has 7 nitrogen and oxygen atoms in total. The van der Waals surface area contributed by atoms with Crippen LogP contribution in [0.5, 0.6) is 0 Å². The molecule has 0 saturated carbocycles. The molecule has 22 heavy (non-hydrogen) atoms. The average molecular weight is 303 g/mol. The summed E-state index contributed by atoms with van der Waals surface area (Å²) in [5.74, 6) is -0.928. The van der Waals surface area contributed by atoms with E-state index >= 15 is 0 Å². The van der Waals surface area contributed by atoms with Gasteiger partial charge in [-0.1, -0.05) is 24.3 Å². The fourth-order valence-corrected chi connectivity index (χ4v) is 3.24. The molecule has 0 bridgehead atoms. The molecule has 1 spiro atoms. The molecule has 1 atom stereocenters. The van der Waals surface area contributed by atoms with Crippen molar-refractivity contribution in [3.05, 3.63) is 35.4 Å². The van der Waals surface area contributed by atoms with Gasteiger partial charge in [0.15, 0.2) is 0 Å². The molecule has 1 heterocycles. The highest BCUT2D eigenvalue weighted by Gasteiger charge is 2.54. The van der Waals surface area contributed by atoms with Crippen LogP contribution in [-0.2, 0) is 26.4 Å². The predicted octanol–water partition coefficient (Wildman–Crippen LogP) is 0.448. The summed E-state index contributed by atoms with van der Waals surface area (Å²) >= 11 is 0. The van der Waals surface area contributed by atoms with Crippen molar-refractivity contribution in [3.63, 3.8) is 0 Å². The molecule has 2 aliphatic rings. The first-order valence-electron chi connectivity index (χ1n) is 7.13. The summed E-state index contributed by atoms with van der Waals surface area (Å²) in [4.78, 5) is 42.0. The summed E-state index contributed by atoms with van der Waals surface area (Å²) in [6, 6.07) is 7.06. The van der Waals surface area contributed by atoms with Gasteiger partial charge in [-0.15, -0.1) is 0 Å². The lowest BCUT2D eigenvalue weighted by Gasteiger charge is -2.33. The zero-order valence-corrected chi connectivity index (χ0v) is 12.2. The van der Waals surface area contributed by atoms with E-state index in [1.54, 1.807) is 0 Å². The molecule has 4 amide bonds. The molecule has 1 aromatic carbocycles. The van der Waals surface area contributed by atoms with Gasteiger partial charge in [-0.3, -0.25) is 19.3 Å². The van der Waals surface area contributed by atoms with Crippen molar-refractivity contribution in [3.8, 4) is 0 Å². The van der Waals surface area contributed by atoms with E-state index in [1.807, 2.05) is 24.3 Å². The van der Waals surface area contributed by atoms with Gasteiger partial charge >= 0.3 is 6.03 Å². The van der Waals surface area contributed by atoms with Crippen LogP contribution in [0, 0.1) is 0 Å². The largest absolute Gasteiger partial charge is 0.325 e. The molecule has 1 saturated heterocycles. The number of rotatable bonds is 3. The summed E-state index contributed by atoms with van der Waals surface area (Å²) in [5.41, 5.74) is 2.96. The maximum atomic E-state index is 12.8. The Labute approximate surface area is 127 Å². The van der Waals surface area contributed by atoms with Crippen LogP contribution in [0.25, 0.3) is 0 Å². The van der Waals surface area contributed by atoms with E-state index in [1.165, 1.54) is 7.11 Å². The second-order valence-electron chi connectivity index (χ2n) is 5.47. The maximum Gasteiger partial charge on any atom is 0.325 e. The maximum absolute atomic E-state index is 12.8. The van der Waals surface area contributed by atoms with Crippen LogP contribution in [0.1, 0.15) is 24.0 Å². The molecule has 1 fully saturated rings. The zero-order valence-electron chi connectivity index (χ0n) is 12.2. The smallest absolute Gasteiger partial charge is 0.319 e. The van der Waals surface area contributed by atoms with E-state index in [4.69, 9.17) is 0 Å². The highest BCUT2D eigenvalue weighted by molar-refractivity contribution is 6.09. The summed E-state index contributed by atoms with van der Waals surface area (Å²) in [6.45, 7) is -0.359. The van der Waals surface area contributed by atoms with Crippen LogP contribution >= 0.6 is 0 Å². The zero-order chi connectivity index (χ0) is 15.7. The Kier molecular flexibility index (Phi) is 3.58. The van der Waals surface area contributed by atoms with Crippen molar-refractivity contribution >= 4 is 17.8 Å². The summed E-state index contributed by atoms with van der Waals surface area (Å²) in [7, 11) is 1.29. The Hall–Kier alpha value is -2.41. The van der Waals surface area contributed by atoms with Gasteiger partial charge in [-0.05, 0) is 30.4 Å². The number of carbonyl (C=O) groups excluding carboxylic acids is 3. The van der Waals surface area contributed by atoms with Crippen molar-refractivity contribution in [2.24, 2.45) is 0 Å². The molecular weight excluding hydrogens is 286 g/mol. The van der Waals surface area contributed by atoms with Gasteiger partial charge in [0.2, 0.25) is 0 Å². The fraction of sp³-hybridized carbons (Fsp3) is 0.400. The first-order chi connectivity index (χ1) is 10.6. The van der Waals surface area contributed by atoms with Crippen LogP contribution in [0.4, 0.5) is 4.79 Å². The number of aryl methyl sites for hydroxylation is 1. The normalized spacial score (nSPS) is 23.4. The lowest BCUT2D eigenvalue weighted by Crippen LogP contribution is -2.47. The van der Waals surface area contributed by atoms with Gasteiger partial charge in [0, 0.05) is 0 Å². The Morgan fingerprint density at radius 2 is 2.18 bits per heavy atom. The monoisotopic (exact) mass is 303 g/mol. The van der Waals surface area contributed by atoms with E-state index in [-0.39, 0.29) is 12.5 Å². The minimum Gasteiger partial charge on any atom is -0.319 e. The van der Waals surface area contributed by atoms with Crippen molar-refractivity contribution in [1.82, 2.24) is 15.7 Å². The summed E-state index contributed by atoms with van der Waals surface area (Å²) in [6.07, 6.45) is 2.23. The van der Waals surface area contributed by atoms with Crippen molar-refractivity contribution in [2.45, 2.75) is 24.8 Å². The van der Waals surface area contributed by atoms with Gasteiger partial charge in [0.25, 0.3) is 11.8 Å². The van der Waals surface area contributed by atoms with E-state index in [0.717, 1.165) is 28.9 Å². The molecule has 1 aliphatic heterocycles. The third-order valence-electron chi connectivity index (χ3n) is 4.17. The molecular formula is C15H17N3O4. The first-order valence-corrected chi connectivity index (χ1v) is 7.13. The molecule has 3 rings (SSSR count). The molecule has 7 heteroatoms. The van der Waals surface area contributed by atoms with Gasteiger partial charge < -0.3 is 5.32 Å². The van der Waals surface area contributed by atoms with Crippen molar-refractivity contribution < 1.29 is 19.2 Å². The molecule has 2 N–H and O–H groups in total. The molecule has 0 unspecified atom stereocenters. The van der Waals surface area contributed by atoms with Crippen LogP contribution < -0.4 is 10.8 Å². The molecule has 1 aliphatic carbocycles. The Morgan fingerprint density at radius 3 is 2.95 bits per heavy atom. The van der Waals surface area contributed by atoms with E-state index in [9.17, 15) is 14.4 Å². The topological polar surface area (TPSA) is 87.7 Å². The second kappa shape index (κ2) is 5.42. The number of imide groups is 1. The van der Waals surface area contributed by atoms with Gasteiger partial charge in [-0.2, -0.15) is 0 Å². The number of urea groups is 1.